The Kier molecular flexibility index (Phi) is 5.23. The van der Waals surface area contributed by atoms with E-state index in [4.69, 9.17) is 4.42 Å². The van der Waals surface area contributed by atoms with E-state index in [1.54, 1.807) is 40.4 Å². The van der Waals surface area contributed by atoms with Crippen molar-refractivity contribution in [3.05, 3.63) is 58.8 Å². The molecule has 1 saturated heterocycles. The van der Waals surface area contributed by atoms with Gasteiger partial charge in [-0.3, -0.25) is 9.59 Å². The molecule has 0 saturated carbocycles. The number of benzene rings is 1. The van der Waals surface area contributed by atoms with E-state index < -0.39 is 6.04 Å². The van der Waals surface area contributed by atoms with Gasteiger partial charge in [-0.15, -0.1) is 23.1 Å². The Morgan fingerprint density at radius 2 is 2.11 bits per heavy atom. The number of nitrogens with one attached hydrogen (secondary N) is 1. The summed E-state index contributed by atoms with van der Waals surface area (Å²) in [4.78, 5) is 31.7. The lowest BCUT2D eigenvalue weighted by atomic mass is 10.1. The number of hydrogen-bond acceptors (Lipinski definition) is 6. The minimum absolute atomic E-state index is 0.178. The van der Waals surface area contributed by atoms with Crippen LogP contribution >= 0.6 is 23.1 Å². The molecule has 28 heavy (non-hydrogen) atoms. The third kappa shape index (κ3) is 3.70. The minimum atomic E-state index is -0.520. The van der Waals surface area contributed by atoms with Gasteiger partial charge in [-0.1, -0.05) is 6.07 Å². The summed E-state index contributed by atoms with van der Waals surface area (Å²) in [5, 5.41) is 5.30. The SMILES string of the molecule is Cc1ccc(NC(=O)C2CSCN2C(=O)c2csc(-c3ccco3)n2)cc1C. The van der Waals surface area contributed by atoms with Crippen LogP contribution in [-0.4, -0.2) is 39.4 Å². The Labute approximate surface area is 171 Å². The topological polar surface area (TPSA) is 75.4 Å². The molecule has 144 valence electrons. The average molecular weight is 414 g/mol. The molecule has 4 rings (SSSR count). The van der Waals surface area contributed by atoms with Gasteiger partial charge in [0, 0.05) is 16.8 Å². The van der Waals surface area contributed by atoms with Crippen LogP contribution in [0.2, 0.25) is 0 Å². The van der Waals surface area contributed by atoms with Crippen molar-refractivity contribution in [1.29, 1.82) is 0 Å². The smallest absolute Gasteiger partial charge is 0.274 e. The minimum Gasteiger partial charge on any atom is -0.462 e. The molecule has 1 aliphatic rings. The average Bonchev–Trinajstić information content (AvgIpc) is 3.44. The van der Waals surface area contributed by atoms with Crippen LogP contribution in [0.25, 0.3) is 10.8 Å². The van der Waals surface area contributed by atoms with Crippen LogP contribution in [0, 0.1) is 13.8 Å². The van der Waals surface area contributed by atoms with Crippen molar-refractivity contribution in [3.8, 4) is 10.8 Å². The van der Waals surface area contributed by atoms with Gasteiger partial charge in [-0.25, -0.2) is 4.98 Å². The molecule has 1 N–H and O–H groups in total. The van der Waals surface area contributed by atoms with Crippen molar-refractivity contribution in [2.45, 2.75) is 19.9 Å². The van der Waals surface area contributed by atoms with E-state index in [-0.39, 0.29) is 11.8 Å². The van der Waals surface area contributed by atoms with Crippen molar-refractivity contribution in [2.24, 2.45) is 0 Å². The number of nitrogens with zero attached hydrogens (tertiary/aromatic N) is 2. The predicted octanol–water partition coefficient (Wildman–Crippen LogP) is 4.17. The highest BCUT2D eigenvalue weighted by Gasteiger charge is 2.36. The summed E-state index contributed by atoms with van der Waals surface area (Å²) in [5.74, 6) is 1.25. The number of aromatic nitrogens is 1. The molecule has 8 heteroatoms. The highest BCUT2D eigenvalue weighted by Crippen LogP contribution is 2.28. The quantitative estimate of drug-likeness (QED) is 0.695. The molecule has 1 aliphatic heterocycles. The maximum atomic E-state index is 12.9. The zero-order valence-electron chi connectivity index (χ0n) is 15.5. The lowest BCUT2D eigenvalue weighted by Crippen LogP contribution is -2.44. The van der Waals surface area contributed by atoms with E-state index in [0.29, 0.717) is 28.1 Å². The molecule has 2 amide bonds. The molecule has 0 bridgehead atoms. The summed E-state index contributed by atoms with van der Waals surface area (Å²) in [6.07, 6.45) is 1.57. The summed E-state index contributed by atoms with van der Waals surface area (Å²) in [7, 11) is 0. The van der Waals surface area contributed by atoms with Crippen LogP contribution in [0.1, 0.15) is 21.6 Å². The Hall–Kier alpha value is -2.58. The summed E-state index contributed by atoms with van der Waals surface area (Å²) in [6.45, 7) is 4.03. The van der Waals surface area contributed by atoms with E-state index in [9.17, 15) is 9.59 Å². The molecular weight excluding hydrogens is 394 g/mol. The van der Waals surface area contributed by atoms with Crippen LogP contribution in [-0.2, 0) is 4.79 Å². The molecule has 1 aromatic carbocycles. The molecule has 1 atom stereocenters. The van der Waals surface area contributed by atoms with Gasteiger partial charge < -0.3 is 14.6 Å². The third-order valence-electron chi connectivity index (χ3n) is 4.68. The first kappa shape index (κ1) is 18.8. The van der Waals surface area contributed by atoms with Crippen LogP contribution in [0.15, 0.2) is 46.4 Å². The molecule has 0 spiro atoms. The zero-order chi connectivity index (χ0) is 19.7. The monoisotopic (exact) mass is 413 g/mol. The van der Waals surface area contributed by atoms with E-state index in [1.165, 1.54) is 16.9 Å². The van der Waals surface area contributed by atoms with Crippen molar-refractivity contribution < 1.29 is 14.0 Å². The number of rotatable bonds is 4. The number of amides is 2. The van der Waals surface area contributed by atoms with E-state index in [2.05, 4.69) is 10.3 Å². The Morgan fingerprint density at radius 1 is 1.25 bits per heavy atom. The first-order valence-electron chi connectivity index (χ1n) is 8.79. The van der Waals surface area contributed by atoms with Crippen LogP contribution in [0.5, 0.6) is 0 Å². The molecule has 3 heterocycles. The highest BCUT2D eigenvalue weighted by molar-refractivity contribution is 7.99. The molecule has 6 nitrogen and oxygen atoms in total. The number of aryl methyl sites for hydroxylation is 2. The van der Waals surface area contributed by atoms with Gasteiger partial charge in [-0.2, -0.15) is 0 Å². The van der Waals surface area contributed by atoms with Gasteiger partial charge in [0.1, 0.15) is 11.7 Å². The van der Waals surface area contributed by atoms with Crippen molar-refractivity contribution in [2.75, 3.05) is 16.9 Å². The van der Waals surface area contributed by atoms with Gasteiger partial charge in [-0.05, 0) is 49.2 Å². The number of anilines is 1. The highest BCUT2D eigenvalue weighted by atomic mass is 32.2. The van der Waals surface area contributed by atoms with Gasteiger partial charge >= 0.3 is 0 Å². The lowest BCUT2D eigenvalue weighted by molar-refractivity contribution is -0.119. The molecular formula is C20H19N3O3S2. The fraction of sp³-hybridized carbons (Fsp3) is 0.250. The second-order valence-corrected chi connectivity index (χ2v) is 8.45. The number of furan rings is 1. The lowest BCUT2D eigenvalue weighted by Gasteiger charge is -2.22. The summed E-state index contributed by atoms with van der Waals surface area (Å²) < 4.78 is 5.34. The fourth-order valence-electron chi connectivity index (χ4n) is 2.94. The number of carbonyl (C=O) groups is 2. The van der Waals surface area contributed by atoms with Crippen LogP contribution in [0.3, 0.4) is 0 Å². The fourth-order valence-corrected chi connectivity index (χ4v) is 4.85. The molecule has 0 aliphatic carbocycles. The van der Waals surface area contributed by atoms with Gasteiger partial charge in [0.05, 0.1) is 12.1 Å². The van der Waals surface area contributed by atoms with E-state index in [0.717, 1.165) is 11.3 Å². The summed E-state index contributed by atoms with van der Waals surface area (Å²) >= 11 is 2.91. The molecule has 1 fully saturated rings. The standard InChI is InChI=1S/C20H19N3O3S2/c1-12-5-6-14(8-13(12)2)21-18(24)16-10-27-11-23(16)20(25)15-9-28-19(22-15)17-4-3-7-26-17/h3-9,16H,10-11H2,1-2H3,(H,21,24). The number of carbonyl (C=O) groups excluding carboxylic acids is 2. The Morgan fingerprint density at radius 3 is 2.86 bits per heavy atom. The molecule has 1 unspecified atom stereocenters. The van der Waals surface area contributed by atoms with E-state index >= 15 is 0 Å². The van der Waals surface area contributed by atoms with Gasteiger partial charge in [0.2, 0.25) is 5.91 Å². The predicted molar refractivity (Wildman–Crippen MR) is 112 cm³/mol. The largest absolute Gasteiger partial charge is 0.462 e. The summed E-state index contributed by atoms with van der Waals surface area (Å²) in [6, 6.07) is 8.86. The van der Waals surface area contributed by atoms with Crippen LogP contribution in [0.4, 0.5) is 5.69 Å². The van der Waals surface area contributed by atoms with Crippen molar-refractivity contribution in [1.82, 2.24) is 9.88 Å². The zero-order valence-corrected chi connectivity index (χ0v) is 17.1. The van der Waals surface area contributed by atoms with Gasteiger partial charge in [0.25, 0.3) is 5.91 Å². The van der Waals surface area contributed by atoms with Crippen molar-refractivity contribution in [3.63, 3.8) is 0 Å². The molecule has 0 radical (unpaired) electrons. The summed E-state index contributed by atoms with van der Waals surface area (Å²) in [5.41, 5.74) is 3.36. The Balaban J connectivity index is 1.48. The Bertz CT molecular complexity index is 1010. The first-order valence-corrected chi connectivity index (χ1v) is 10.8. The number of thioether (sulfide) groups is 1. The van der Waals surface area contributed by atoms with Crippen LogP contribution < -0.4 is 5.32 Å². The molecule has 3 aromatic rings. The second-order valence-electron chi connectivity index (χ2n) is 6.59. The van der Waals surface area contributed by atoms with Gasteiger partial charge in [0.15, 0.2) is 10.8 Å². The maximum absolute atomic E-state index is 12.9. The first-order chi connectivity index (χ1) is 13.5. The maximum Gasteiger partial charge on any atom is 0.274 e. The third-order valence-corrected chi connectivity index (χ3v) is 6.54. The molecule has 2 aromatic heterocycles. The van der Waals surface area contributed by atoms with Crippen molar-refractivity contribution >= 4 is 40.6 Å². The second kappa shape index (κ2) is 7.81. The normalized spacial score (nSPS) is 16.4. The number of thiazole rings is 1. The number of hydrogen-bond donors (Lipinski definition) is 1. The van der Waals surface area contributed by atoms with E-state index in [1.807, 2.05) is 32.0 Å².